The molecular formula is C14H19FN4O3. The van der Waals surface area contributed by atoms with E-state index in [-0.39, 0.29) is 17.2 Å². The number of anilines is 1. The van der Waals surface area contributed by atoms with E-state index in [1.807, 2.05) is 13.8 Å². The molecule has 0 aromatic heterocycles. The summed E-state index contributed by atoms with van der Waals surface area (Å²) in [6.45, 7) is 3.76. The molecule has 0 aliphatic rings. The van der Waals surface area contributed by atoms with Crippen molar-refractivity contribution in [2.75, 3.05) is 5.32 Å². The molecule has 0 bridgehead atoms. The monoisotopic (exact) mass is 310 g/mol. The van der Waals surface area contributed by atoms with Crippen LogP contribution < -0.4 is 22.1 Å². The minimum absolute atomic E-state index is 0.136. The summed E-state index contributed by atoms with van der Waals surface area (Å²) in [5, 5.41) is 4.83. The van der Waals surface area contributed by atoms with Gasteiger partial charge in [-0.25, -0.2) is 9.18 Å². The molecule has 22 heavy (non-hydrogen) atoms. The van der Waals surface area contributed by atoms with Gasteiger partial charge in [-0.3, -0.25) is 9.59 Å². The summed E-state index contributed by atoms with van der Waals surface area (Å²) in [6, 6.07) is 1.79. The van der Waals surface area contributed by atoms with Crippen molar-refractivity contribution in [1.82, 2.24) is 5.32 Å². The molecule has 1 atom stereocenters. The van der Waals surface area contributed by atoms with Gasteiger partial charge in [-0.05, 0) is 30.5 Å². The average Bonchev–Trinajstić information content (AvgIpc) is 2.38. The third kappa shape index (κ3) is 5.04. The number of urea groups is 1. The van der Waals surface area contributed by atoms with Gasteiger partial charge in [0.1, 0.15) is 11.9 Å². The van der Waals surface area contributed by atoms with Gasteiger partial charge in [-0.1, -0.05) is 13.8 Å². The molecule has 1 aromatic carbocycles. The van der Waals surface area contributed by atoms with E-state index >= 15 is 0 Å². The number of hydrogen-bond donors (Lipinski definition) is 4. The van der Waals surface area contributed by atoms with Crippen LogP contribution in [0, 0.1) is 11.7 Å². The summed E-state index contributed by atoms with van der Waals surface area (Å²) in [5.41, 5.74) is 9.95. The van der Waals surface area contributed by atoms with Crippen LogP contribution in [-0.4, -0.2) is 23.9 Å². The Hall–Kier alpha value is -2.64. The van der Waals surface area contributed by atoms with E-state index in [0.29, 0.717) is 6.42 Å². The van der Waals surface area contributed by atoms with Gasteiger partial charge < -0.3 is 22.1 Å². The quantitative estimate of drug-likeness (QED) is 0.624. The Morgan fingerprint density at radius 2 is 1.86 bits per heavy atom. The number of primary amides is 2. The summed E-state index contributed by atoms with van der Waals surface area (Å²) >= 11 is 0. The molecule has 7 nitrogen and oxygen atoms in total. The molecule has 0 spiro atoms. The lowest BCUT2D eigenvalue weighted by Crippen LogP contribution is -2.46. The van der Waals surface area contributed by atoms with Crippen LogP contribution in [0.15, 0.2) is 18.2 Å². The summed E-state index contributed by atoms with van der Waals surface area (Å²) in [4.78, 5) is 34.2. The third-order valence-corrected chi connectivity index (χ3v) is 2.84. The van der Waals surface area contributed by atoms with Gasteiger partial charge in [-0.15, -0.1) is 0 Å². The second-order valence-corrected chi connectivity index (χ2v) is 5.24. The molecule has 0 aliphatic heterocycles. The topological polar surface area (TPSA) is 127 Å². The lowest BCUT2D eigenvalue weighted by Gasteiger charge is -2.19. The fraction of sp³-hybridized carbons (Fsp3) is 0.357. The minimum Gasteiger partial charge on any atom is -0.366 e. The summed E-state index contributed by atoms with van der Waals surface area (Å²) in [6.07, 6.45) is 0.374. The smallest absolute Gasteiger partial charge is 0.312 e. The molecule has 1 unspecified atom stereocenters. The number of carbonyl (C=O) groups is 3. The van der Waals surface area contributed by atoms with Gasteiger partial charge in [0.05, 0.1) is 5.56 Å². The van der Waals surface area contributed by atoms with Crippen molar-refractivity contribution >= 4 is 23.5 Å². The SMILES string of the molecule is CC(C)CC(NC(N)=O)C(=O)Nc1ccc(F)c(C(N)=O)c1. The Morgan fingerprint density at radius 3 is 2.36 bits per heavy atom. The van der Waals surface area contributed by atoms with E-state index in [2.05, 4.69) is 10.6 Å². The zero-order chi connectivity index (χ0) is 16.9. The molecule has 1 aromatic rings. The van der Waals surface area contributed by atoms with Crippen molar-refractivity contribution in [3.63, 3.8) is 0 Å². The van der Waals surface area contributed by atoms with Gasteiger partial charge in [0.2, 0.25) is 5.91 Å². The van der Waals surface area contributed by atoms with Crippen molar-refractivity contribution in [3.8, 4) is 0 Å². The van der Waals surface area contributed by atoms with Gasteiger partial charge in [0.25, 0.3) is 5.91 Å². The molecule has 6 N–H and O–H groups in total. The summed E-state index contributed by atoms with van der Waals surface area (Å²) in [7, 11) is 0. The maximum Gasteiger partial charge on any atom is 0.312 e. The molecule has 0 fully saturated rings. The second kappa shape index (κ2) is 7.39. The molecule has 0 aliphatic carbocycles. The van der Waals surface area contributed by atoms with E-state index < -0.39 is 29.7 Å². The Balaban J connectivity index is 2.91. The van der Waals surface area contributed by atoms with Gasteiger partial charge in [0.15, 0.2) is 0 Å². The van der Waals surface area contributed by atoms with Crippen LogP contribution in [0.5, 0.6) is 0 Å². The highest BCUT2D eigenvalue weighted by molar-refractivity contribution is 5.99. The van der Waals surface area contributed by atoms with Crippen LogP contribution in [0.25, 0.3) is 0 Å². The molecule has 0 saturated carbocycles. The number of hydrogen-bond acceptors (Lipinski definition) is 3. The van der Waals surface area contributed by atoms with Crippen LogP contribution in [0.3, 0.4) is 0 Å². The molecule has 0 saturated heterocycles. The highest BCUT2D eigenvalue weighted by atomic mass is 19.1. The van der Waals surface area contributed by atoms with E-state index in [1.165, 1.54) is 6.07 Å². The molecule has 8 heteroatoms. The Bertz CT molecular complexity index is 589. The van der Waals surface area contributed by atoms with Crippen LogP contribution in [-0.2, 0) is 4.79 Å². The Morgan fingerprint density at radius 1 is 1.23 bits per heavy atom. The van der Waals surface area contributed by atoms with Crippen molar-refractivity contribution in [2.45, 2.75) is 26.3 Å². The van der Waals surface area contributed by atoms with Crippen LogP contribution in [0.2, 0.25) is 0 Å². The first kappa shape index (κ1) is 17.4. The van der Waals surface area contributed by atoms with E-state index in [9.17, 15) is 18.8 Å². The predicted octanol–water partition coefficient (Wildman–Crippen LogP) is 0.946. The number of carbonyl (C=O) groups excluding carboxylic acids is 3. The zero-order valence-electron chi connectivity index (χ0n) is 12.4. The third-order valence-electron chi connectivity index (χ3n) is 2.84. The maximum absolute atomic E-state index is 13.4. The minimum atomic E-state index is -0.942. The number of rotatable bonds is 6. The first-order valence-corrected chi connectivity index (χ1v) is 6.67. The van der Waals surface area contributed by atoms with E-state index in [0.717, 1.165) is 12.1 Å². The van der Waals surface area contributed by atoms with Crippen LogP contribution in [0.1, 0.15) is 30.6 Å². The number of benzene rings is 1. The summed E-state index contributed by atoms with van der Waals surface area (Å²) < 4.78 is 13.4. The first-order valence-electron chi connectivity index (χ1n) is 6.67. The molecule has 0 heterocycles. The number of nitrogens with two attached hydrogens (primary N) is 2. The zero-order valence-corrected chi connectivity index (χ0v) is 12.4. The Labute approximate surface area is 127 Å². The number of amides is 4. The average molecular weight is 310 g/mol. The fourth-order valence-corrected chi connectivity index (χ4v) is 1.90. The van der Waals surface area contributed by atoms with Crippen LogP contribution in [0.4, 0.5) is 14.9 Å². The predicted molar refractivity (Wildman–Crippen MR) is 79.5 cm³/mol. The molecule has 120 valence electrons. The highest BCUT2D eigenvalue weighted by Gasteiger charge is 2.21. The molecule has 0 radical (unpaired) electrons. The number of nitrogens with one attached hydrogen (secondary N) is 2. The maximum atomic E-state index is 13.4. The van der Waals surface area contributed by atoms with Gasteiger partial charge >= 0.3 is 6.03 Å². The van der Waals surface area contributed by atoms with Crippen molar-refractivity contribution in [3.05, 3.63) is 29.6 Å². The number of halogens is 1. The second-order valence-electron chi connectivity index (χ2n) is 5.24. The van der Waals surface area contributed by atoms with Crippen LogP contribution >= 0.6 is 0 Å². The lowest BCUT2D eigenvalue weighted by atomic mass is 10.0. The molecular weight excluding hydrogens is 291 g/mol. The van der Waals surface area contributed by atoms with Gasteiger partial charge in [0, 0.05) is 5.69 Å². The first-order chi connectivity index (χ1) is 10.2. The molecule has 1 rings (SSSR count). The summed E-state index contributed by atoms with van der Waals surface area (Å²) in [5.74, 6) is -2.10. The largest absolute Gasteiger partial charge is 0.366 e. The normalized spacial score (nSPS) is 11.8. The highest BCUT2D eigenvalue weighted by Crippen LogP contribution is 2.15. The van der Waals surface area contributed by atoms with E-state index in [4.69, 9.17) is 11.5 Å². The standard InChI is InChI=1S/C14H19FN4O3/c1-7(2)5-11(19-14(17)22)13(21)18-8-3-4-10(15)9(6-8)12(16)20/h3-4,6-7,11H,5H2,1-2H3,(H2,16,20)(H,18,21)(H3,17,19,22). The van der Waals surface area contributed by atoms with Crippen molar-refractivity contribution < 1.29 is 18.8 Å². The molecule has 4 amide bonds. The fourth-order valence-electron chi connectivity index (χ4n) is 1.90. The van der Waals surface area contributed by atoms with Crippen molar-refractivity contribution in [2.24, 2.45) is 17.4 Å². The Kier molecular flexibility index (Phi) is 5.85. The van der Waals surface area contributed by atoms with E-state index in [1.54, 1.807) is 0 Å². The lowest BCUT2D eigenvalue weighted by molar-refractivity contribution is -0.118. The van der Waals surface area contributed by atoms with Gasteiger partial charge in [-0.2, -0.15) is 0 Å². The van der Waals surface area contributed by atoms with Crippen molar-refractivity contribution in [1.29, 1.82) is 0 Å².